The van der Waals surface area contributed by atoms with Crippen LogP contribution in [-0.4, -0.2) is 49.6 Å². The van der Waals surface area contributed by atoms with Gasteiger partial charge in [-0.3, -0.25) is 14.9 Å². The molecule has 1 heterocycles. The number of hydrogen-bond donors (Lipinski definition) is 3. The van der Waals surface area contributed by atoms with E-state index in [0.717, 1.165) is 0 Å². The Morgan fingerprint density at radius 3 is 2.33 bits per heavy atom. The number of hydrazine groups is 1. The summed E-state index contributed by atoms with van der Waals surface area (Å²) < 4.78 is 17.4. The van der Waals surface area contributed by atoms with Crippen molar-refractivity contribution in [1.29, 1.82) is 0 Å². The molecule has 0 saturated heterocycles. The highest BCUT2D eigenvalue weighted by Gasteiger charge is 2.17. The molecule has 146 valence electrons. The number of benzene rings is 1. The first-order chi connectivity index (χ1) is 13.1. The summed E-state index contributed by atoms with van der Waals surface area (Å²) in [7, 11) is 4.38. The number of ether oxygens (including phenoxy) is 3. The van der Waals surface area contributed by atoms with E-state index in [1.807, 2.05) is 12.3 Å². The van der Waals surface area contributed by atoms with Gasteiger partial charge >= 0.3 is 6.03 Å². The fraction of sp³-hybridized carbons (Fsp3) is 0.353. The molecule has 10 heteroatoms. The van der Waals surface area contributed by atoms with Gasteiger partial charge in [0.1, 0.15) is 0 Å². The summed E-state index contributed by atoms with van der Waals surface area (Å²) in [5, 5.41) is 6.71. The highest BCUT2D eigenvalue weighted by Crippen LogP contribution is 2.38. The van der Waals surface area contributed by atoms with Gasteiger partial charge in [0.05, 0.1) is 21.3 Å². The summed E-state index contributed by atoms with van der Waals surface area (Å²) in [4.78, 5) is 24.0. The predicted molar refractivity (Wildman–Crippen MR) is 96.9 cm³/mol. The maximum atomic E-state index is 12.3. The fourth-order valence-electron chi connectivity index (χ4n) is 2.32. The minimum Gasteiger partial charge on any atom is -0.493 e. The van der Waals surface area contributed by atoms with Crippen LogP contribution < -0.4 is 30.4 Å². The molecular weight excluding hydrogens is 354 g/mol. The number of amides is 3. The van der Waals surface area contributed by atoms with Crippen LogP contribution in [0.4, 0.5) is 4.79 Å². The van der Waals surface area contributed by atoms with Crippen LogP contribution in [0.2, 0.25) is 0 Å². The second kappa shape index (κ2) is 9.90. The maximum absolute atomic E-state index is 12.3. The molecule has 0 aliphatic carbocycles. The quantitative estimate of drug-likeness (QED) is 0.466. The number of urea groups is 1. The summed E-state index contributed by atoms with van der Waals surface area (Å²) in [5.41, 5.74) is 4.86. The zero-order chi connectivity index (χ0) is 19.6. The van der Waals surface area contributed by atoms with Crippen molar-refractivity contribution in [2.45, 2.75) is 13.0 Å². The Kier molecular flexibility index (Phi) is 7.29. The molecule has 0 atom stereocenters. The topological polar surface area (TPSA) is 116 Å². The standard InChI is InChI=1S/C17H23N5O5/c1-25-13-10-12(11-14(26-2)15(13)27-3)16(23)20-21-17(24)18-6-4-8-22-9-5-7-19-22/h5,7,9-11H,4,6,8H2,1-3H3,(H,20,23)(H2,18,21,24). The van der Waals surface area contributed by atoms with Gasteiger partial charge in [0.25, 0.3) is 5.91 Å². The number of carbonyl (C=O) groups is 2. The lowest BCUT2D eigenvalue weighted by molar-refractivity contribution is 0.0935. The van der Waals surface area contributed by atoms with Gasteiger partial charge in [-0.2, -0.15) is 5.10 Å². The maximum Gasteiger partial charge on any atom is 0.333 e. The molecule has 0 fully saturated rings. The molecule has 0 aliphatic rings. The summed E-state index contributed by atoms with van der Waals surface area (Å²) in [6.45, 7) is 1.12. The van der Waals surface area contributed by atoms with Crippen molar-refractivity contribution in [3.8, 4) is 17.2 Å². The summed E-state index contributed by atoms with van der Waals surface area (Å²) in [5.74, 6) is 0.524. The van der Waals surface area contributed by atoms with E-state index in [1.54, 1.807) is 10.9 Å². The van der Waals surface area contributed by atoms with Crippen LogP contribution in [0.5, 0.6) is 17.2 Å². The number of aromatic nitrogens is 2. The van der Waals surface area contributed by atoms with Crippen molar-refractivity contribution in [1.82, 2.24) is 25.9 Å². The van der Waals surface area contributed by atoms with Crippen LogP contribution in [0.1, 0.15) is 16.8 Å². The van der Waals surface area contributed by atoms with Crippen LogP contribution >= 0.6 is 0 Å². The Bertz CT molecular complexity index is 738. The number of aryl methyl sites for hydroxylation is 1. The molecule has 27 heavy (non-hydrogen) atoms. The van der Waals surface area contributed by atoms with Crippen LogP contribution in [0.15, 0.2) is 30.6 Å². The Labute approximate surface area is 156 Å². The fourth-order valence-corrected chi connectivity index (χ4v) is 2.32. The normalized spacial score (nSPS) is 10.0. The molecule has 0 unspecified atom stereocenters. The van der Waals surface area contributed by atoms with Crippen molar-refractivity contribution in [3.05, 3.63) is 36.2 Å². The molecule has 1 aromatic carbocycles. The van der Waals surface area contributed by atoms with Crippen molar-refractivity contribution in [2.24, 2.45) is 0 Å². The van der Waals surface area contributed by atoms with Crippen LogP contribution in [0, 0.1) is 0 Å². The van der Waals surface area contributed by atoms with E-state index < -0.39 is 11.9 Å². The molecule has 0 radical (unpaired) electrons. The van der Waals surface area contributed by atoms with Gasteiger partial charge in [-0.1, -0.05) is 0 Å². The molecule has 0 bridgehead atoms. The lowest BCUT2D eigenvalue weighted by Crippen LogP contribution is -2.47. The minimum atomic E-state index is -0.527. The highest BCUT2D eigenvalue weighted by atomic mass is 16.5. The van der Waals surface area contributed by atoms with Gasteiger partial charge in [0.2, 0.25) is 5.75 Å². The lowest BCUT2D eigenvalue weighted by atomic mass is 10.1. The predicted octanol–water partition coefficient (Wildman–Crippen LogP) is 0.943. The van der Waals surface area contributed by atoms with E-state index in [1.165, 1.54) is 33.5 Å². The number of hydrogen-bond acceptors (Lipinski definition) is 6. The van der Waals surface area contributed by atoms with Crippen LogP contribution in [0.25, 0.3) is 0 Å². The molecule has 2 rings (SSSR count). The Morgan fingerprint density at radius 1 is 1.07 bits per heavy atom. The first-order valence-corrected chi connectivity index (χ1v) is 8.20. The largest absolute Gasteiger partial charge is 0.493 e. The molecule has 2 aromatic rings. The number of rotatable bonds is 8. The average molecular weight is 377 g/mol. The summed E-state index contributed by atoms with van der Waals surface area (Å²) in [6.07, 6.45) is 4.24. The molecule has 10 nitrogen and oxygen atoms in total. The minimum absolute atomic E-state index is 0.239. The Morgan fingerprint density at radius 2 is 1.78 bits per heavy atom. The third kappa shape index (κ3) is 5.53. The van der Waals surface area contributed by atoms with Crippen molar-refractivity contribution < 1.29 is 23.8 Å². The van der Waals surface area contributed by atoms with Crippen LogP contribution in [0.3, 0.4) is 0 Å². The summed E-state index contributed by atoms with van der Waals surface area (Å²) >= 11 is 0. The number of nitrogens with zero attached hydrogens (tertiary/aromatic N) is 2. The average Bonchev–Trinajstić information content (AvgIpc) is 3.21. The number of carbonyl (C=O) groups excluding carboxylic acids is 2. The second-order valence-electron chi connectivity index (χ2n) is 5.37. The van der Waals surface area contributed by atoms with Gasteiger partial charge in [-0.15, -0.1) is 0 Å². The van der Waals surface area contributed by atoms with Crippen LogP contribution in [-0.2, 0) is 6.54 Å². The van der Waals surface area contributed by atoms with Crippen molar-refractivity contribution in [2.75, 3.05) is 27.9 Å². The van der Waals surface area contributed by atoms with Gasteiger partial charge < -0.3 is 19.5 Å². The van der Waals surface area contributed by atoms with E-state index in [4.69, 9.17) is 14.2 Å². The highest BCUT2D eigenvalue weighted by molar-refractivity contribution is 5.96. The molecular formula is C17H23N5O5. The van der Waals surface area contributed by atoms with Gasteiger partial charge in [-0.05, 0) is 24.6 Å². The third-order valence-corrected chi connectivity index (χ3v) is 3.63. The molecule has 3 N–H and O–H groups in total. The van der Waals surface area contributed by atoms with E-state index in [-0.39, 0.29) is 5.56 Å². The summed E-state index contributed by atoms with van der Waals surface area (Å²) in [6, 6.07) is 4.29. The Balaban J connectivity index is 1.83. The lowest BCUT2D eigenvalue weighted by Gasteiger charge is -2.14. The first kappa shape index (κ1) is 19.9. The molecule has 0 aliphatic heterocycles. The van der Waals surface area contributed by atoms with E-state index in [9.17, 15) is 9.59 Å². The molecule has 0 spiro atoms. The first-order valence-electron chi connectivity index (χ1n) is 8.20. The number of nitrogens with one attached hydrogen (secondary N) is 3. The van der Waals surface area contributed by atoms with Gasteiger partial charge in [-0.25, -0.2) is 10.2 Å². The SMILES string of the molecule is COc1cc(C(=O)NNC(=O)NCCCn2cccn2)cc(OC)c1OC. The van der Waals surface area contributed by atoms with E-state index in [0.29, 0.717) is 36.8 Å². The molecule has 0 saturated carbocycles. The molecule has 3 amide bonds. The van der Waals surface area contributed by atoms with E-state index in [2.05, 4.69) is 21.3 Å². The van der Waals surface area contributed by atoms with Gasteiger partial charge in [0.15, 0.2) is 11.5 Å². The monoisotopic (exact) mass is 377 g/mol. The van der Waals surface area contributed by atoms with Gasteiger partial charge in [0, 0.05) is 31.0 Å². The Hall–Kier alpha value is -3.43. The van der Waals surface area contributed by atoms with E-state index >= 15 is 0 Å². The molecule has 1 aromatic heterocycles. The second-order valence-corrected chi connectivity index (χ2v) is 5.37. The zero-order valence-corrected chi connectivity index (χ0v) is 15.4. The van der Waals surface area contributed by atoms with Crippen molar-refractivity contribution >= 4 is 11.9 Å². The van der Waals surface area contributed by atoms with Crippen molar-refractivity contribution in [3.63, 3.8) is 0 Å². The smallest absolute Gasteiger partial charge is 0.333 e. The number of methoxy groups -OCH3 is 3. The zero-order valence-electron chi connectivity index (χ0n) is 15.4. The third-order valence-electron chi connectivity index (χ3n) is 3.63.